The molecule has 1 aromatic heterocycles. The molecule has 0 amide bonds. The van der Waals surface area contributed by atoms with Crippen molar-refractivity contribution in [3.05, 3.63) is 47.0 Å². The molecule has 1 N–H and O–H groups in total. The fourth-order valence-corrected chi connectivity index (χ4v) is 5.39. The molecule has 0 atom stereocenters. The SMILES string of the molecule is COc1ccc2[nH]c(SCc3c(C)ccc(CBr)c3O[Si](C)(C)C(C)(C)C)nc2c1. The lowest BCUT2D eigenvalue weighted by atomic mass is 10.1. The van der Waals surface area contributed by atoms with Gasteiger partial charge in [-0.05, 0) is 42.8 Å². The van der Waals surface area contributed by atoms with Gasteiger partial charge in [-0.25, -0.2) is 4.98 Å². The summed E-state index contributed by atoms with van der Waals surface area (Å²) in [6.45, 7) is 13.6. The molecular weight excluding hydrogens is 476 g/mol. The molecule has 1 heterocycles. The molecule has 162 valence electrons. The number of aromatic nitrogens is 2. The number of imidazole rings is 1. The van der Waals surface area contributed by atoms with Crippen molar-refractivity contribution in [1.82, 2.24) is 9.97 Å². The summed E-state index contributed by atoms with van der Waals surface area (Å²) >= 11 is 5.36. The second-order valence-corrected chi connectivity index (χ2v) is 15.3. The Morgan fingerprint density at radius 2 is 1.90 bits per heavy atom. The monoisotopic (exact) mass is 506 g/mol. The van der Waals surface area contributed by atoms with E-state index < -0.39 is 8.32 Å². The number of benzene rings is 2. The molecular formula is C23H31BrN2O2SSi. The van der Waals surface area contributed by atoms with E-state index >= 15 is 0 Å². The van der Waals surface area contributed by atoms with Crippen molar-refractivity contribution in [3.63, 3.8) is 0 Å². The number of H-pyrrole nitrogens is 1. The molecule has 0 unspecified atom stereocenters. The first kappa shape index (κ1) is 23.2. The predicted octanol–water partition coefficient (Wildman–Crippen LogP) is 7.45. The lowest BCUT2D eigenvalue weighted by Crippen LogP contribution is -2.44. The standard InChI is InChI=1S/C23H31BrN2O2SSi/c1-15-8-9-16(13-24)21(28-30(6,7)23(2,3)4)18(15)14-29-22-25-19-11-10-17(27-5)12-20(19)26-22/h8-12H,13-14H2,1-7H3,(H,25,26). The average Bonchev–Trinajstić information content (AvgIpc) is 3.08. The molecule has 2 aromatic carbocycles. The Bertz CT molecular complexity index is 1040. The predicted molar refractivity (Wildman–Crippen MR) is 134 cm³/mol. The highest BCUT2D eigenvalue weighted by molar-refractivity contribution is 9.08. The Balaban J connectivity index is 1.92. The summed E-state index contributed by atoms with van der Waals surface area (Å²) in [6, 6.07) is 10.3. The van der Waals surface area contributed by atoms with Gasteiger partial charge in [0.25, 0.3) is 8.32 Å². The molecule has 0 fully saturated rings. The van der Waals surface area contributed by atoms with Crippen LogP contribution >= 0.6 is 27.7 Å². The Labute approximate surface area is 193 Å². The molecule has 0 radical (unpaired) electrons. The number of halogens is 1. The zero-order valence-electron chi connectivity index (χ0n) is 18.9. The zero-order chi connectivity index (χ0) is 22.1. The number of hydrogen-bond donors (Lipinski definition) is 1. The quantitative estimate of drug-likeness (QED) is 0.205. The van der Waals surface area contributed by atoms with Gasteiger partial charge in [0.1, 0.15) is 11.5 Å². The van der Waals surface area contributed by atoms with E-state index in [1.807, 2.05) is 18.2 Å². The van der Waals surface area contributed by atoms with Crippen molar-refractivity contribution >= 4 is 47.0 Å². The van der Waals surface area contributed by atoms with Crippen molar-refractivity contribution in [1.29, 1.82) is 0 Å². The summed E-state index contributed by atoms with van der Waals surface area (Å²) in [4.78, 5) is 8.15. The van der Waals surface area contributed by atoms with Crippen LogP contribution in [0.1, 0.15) is 37.5 Å². The molecule has 30 heavy (non-hydrogen) atoms. The van der Waals surface area contributed by atoms with Gasteiger partial charge in [-0.1, -0.05) is 60.6 Å². The third kappa shape index (κ3) is 4.89. The van der Waals surface area contributed by atoms with Crippen LogP contribution in [0, 0.1) is 6.92 Å². The van der Waals surface area contributed by atoms with E-state index in [9.17, 15) is 0 Å². The molecule has 3 rings (SSSR count). The van der Waals surface area contributed by atoms with Crippen molar-refractivity contribution < 1.29 is 9.16 Å². The highest BCUT2D eigenvalue weighted by atomic mass is 79.9. The van der Waals surface area contributed by atoms with Gasteiger partial charge in [0.2, 0.25) is 0 Å². The number of alkyl halides is 1. The van der Waals surface area contributed by atoms with Crippen molar-refractivity contribution in [2.45, 2.75) is 62.1 Å². The van der Waals surface area contributed by atoms with Crippen LogP contribution < -0.4 is 9.16 Å². The van der Waals surface area contributed by atoms with Gasteiger partial charge in [-0.2, -0.15) is 0 Å². The largest absolute Gasteiger partial charge is 0.543 e. The van der Waals surface area contributed by atoms with Crippen molar-refractivity contribution in [2.75, 3.05) is 7.11 Å². The van der Waals surface area contributed by atoms with Crippen LogP contribution in [-0.2, 0) is 11.1 Å². The lowest BCUT2D eigenvalue weighted by molar-refractivity contribution is 0.415. The molecule has 3 aromatic rings. The van der Waals surface area contributed by atoms with Crippen LogP contribution in [-0.4, -0.2) is 25.4 Å². The van der Waals surface area contributed by atoms with Crippen LogP contribution in [0.4, 0.5) is 0 Å². The summed E-state index contributed by atoms with van der Waals surface area (Å²) < 4.78 is 12.1. The third-order valence-electron chi connectivity index (χ3n) is 5.91. The fourth-order valence-electron chi connectivity index (χ4n) is 2.89. The van der Waals surface area contributed by atoms with Crippen LogP contribution in [0.25, 0.3) is 11.0 Å². The van der Waals surface area contributed by atoms with Crippen LogP contribution in [0.15, 0.2) is 35.5 Å². The van der Waals surface area contributed by atoms with E-state index in [1.165, 1.54) is 16.7 Å². The third-order valence-corrected chi connectivity index (χ3v) is 11.7. The van der Waals surface area contributed by atoms with Crippen molar-refractivity contribution in [2.24, 2.45) is 0 Å². The fraction of sp³-hybridized carbons (Fsp3) is 0.435. The minimum atomic E-state index is -1.96. The maximum absolute atomic E-state index is 6.83. The number of ether oxygens (including phenoxy) is 1. The highest BCUT2D eigenvalue weighted by Crippen LogP contribution is 2.41. The Hall–Kier alpha value is -1.44. The maximum Gasteiger partial charge on any atom is 0.250 e. The molecule has 7 heteroatoms. The smallest absolute Gasteiger partial charge is 0.250 e. The molecule has 0 saturated carbocycles. The maximum atomic E-state index is 6.83. The van der Waals surface area contributed by atoms with Gasteiger partial charge in [0.15, 0.2) is 5.16 Å². The Morgan fingerprint density at radius 3 is 2.53 bits per heavy atom. The lowest BCUT2D eigenvalue weighted by Gasteiger charge is -2.38. The topological polar surface area (TPSA) is 47.1 Å². The van der Waals surface area contributed by atoms with Crippen molar-refractivity contribution in [3.8, 4) is 11.5 Å². The minimum absolute atomic E-state index is 0.141. The highest BCUT2D eigenvalue weighted by Gasteiger charge is 2.40. The molecule has 4 nitrogen and oxygen atoms in total. The Morgan fingerprint density at radius 1 is 1.17 bits per heavy atom. The van der Waals surface area contributed by atoms with Crippen LogP contribution in [0.3, 0.4) is 0 Å². The number of nitrogens with one attached hydrogen (secondary N) is 1. The normalized spacial score (nSPS) is 12.4. The summed E-state index contributed by atoms with van der Waals surface area (Å²) in [5, 5.41) is 1.82. The Kier molecular flexibility index (Phi) is 6.94. The van der Waals surface area contributed by atoms with E-state index in [4.69, 9.17) is 14.1 Å². The number of aryl methyl sites for hydroxylation is 1. The minimum Gasteiger partial charge on any atom is -0.543 e. The molecule has 0 aliphatic heterocycles. The van der Waals surface area contributed by atoms with Gasteiger partial charge >= 0.3 is 0 Å². The first-order valence-corrected chi connectivity index (χ1v) is 15.1. The molecule has 0 saturated heterocycles. The summed E-state index contributed by atoms with van der Waals surface area (Å²) in [5.41, 5.74) is 5.64. The number of methoxy groups -OCH3 is 1. The average molecular weight is 508 g/mol. The second kappa shape index (κ2) is 8.97. The summed E-state index contributed by atoms with van der Waals surface area (Å²) in [7, 11) is -0.287. The molecule has 0 bridgehead atoms. The van der Waals surface area contributed by atoms with Gasteiger partial charge in [-0.15, -0.1) is 0 Å². The van der Waals surface area contributed by atoms with Crippen LogP contribution in [0.5, 0.6) is 11.5 Å². The number of fused-ring (bicyclic) bond motifs is 1. The van der Waals surface area contributed by atoms with Gasteiger partial charge < -0.3 is 14.1 Å². The number of aromatic amines is 1. The summed E-state index contributed by atoms with van der Waals surface area (Å²) in [5.74, 6) is 2.66. The van der Waals surface area contributed by atoms with Gasteiger partial charge in [-0.3, -0.25) is 0 Å². The van der Waals surface area contributed by atoms with Gasteiger partial charge in [0, 0.05) is 28.3 Å². The van der Waals surface area contributed by atoms with E-state index in [0.29, 0.717) is 0 Å². The van der Waals surface area contributed by atoms with E-state index in [1.54, 1.807) is 18.9 Å². The molecule has 0 aliphatic carbocycles. The molecule has 0 spiro atoms. The van der Waals surface area contributed by atoms with E-state index in [0.717, 1.165) is 38.8 Å². The number of thioether (sulfide) groups is 1. The molecule has 0 aliphatic rings. The van der Waals surface area contributed by atoms with Gasteiger partial charge in [0.05, 0.1) is 18.1 Å². The number of nitrogens with zero attached hydrogens (tertiary/aromatic N) is 1. The summed E-state index contributed by atoms with van der Waals surface area (Å²) in [6.07, 6.45) is 0. The first-order chi connectivity index (χ1) is 14.1. The van der Waals surface area contributed by atoms with E-state index in [2.05, 4.69) is 73.8 Å². The number of hydrogen-bond acceptors (Lipinski definition) is 4. The number of rotatable bonds is 7. The second-order valence-electron chi connectivity index (χ2n) is 9.06. The zero-order valence-corrected chi connectivity index (χ0v) is 22.3. The van der Waals surface area contributed by atoms with Crippen LogP contribution in [0.2, 0.25) is 18.1 Å². The van der Waals surface area contributed by atoms with E-state index in [-0.39, 0.29) is 5.04 Å². The first-order valence-electron chi connectivity index (χ1n) is 10.1.